The number of sulfonamides is 1. The number of amides is 1. The average Bonchev–Trinajstić information content (AvgIpc) is 3.27. The molecular weight excluding hydrogens is 502 g/mol. The Hall–Kier alpha value is -2.95. The quantitative estimate of drug-likeness (QED) is 0.285. The fourth-order valence-corrected chi connectivity index (χ4v) is 6.94. The SMILES string of the molecule is Cc1ccc(S(=O)(=O)NC(=O)CSc2nc3scc(-c4ccc5c(c4)CCCC5)c3c(=O)[nH]2)cc1. The lowest BCUT2D eigenvalue weighted by atomic mass is 9.89. The molecule has 0 atom stereocenters. The molecule has 1 amide bonds. The lowest BCUT2D eigenvalue weighted by Gasteiger charge is -2.16. The van der Waals surface area contributed by atoms with E-state index in [-0.39, 0.29) is 21.4 Å². The van der Waals surface area contributed by atoms with E-state index < -0.39 is 15.9 Å². The molecular formula is C25H23N3O4S3. The van der Waals surface area contributed by atoms with Gasteiger partial charge >= 0.3 is 0 Å². The monoisotopic (exact) mass is 525 g/mol. The molecule has 35 heavy (non-hydrogen) atoms. The summed E-state index contributed by atoms with van der Waals surface area (Å²) in [5, 5.41) is 2.73. The number of benzene rings is 2. The van der Waals surface area contributed by atoms with Gasteiger partial charge in [-0.2, -0.15) is 0 Å². The summed E-state index contributed by atoms with van der Waals surface area (Å²) in [5.74, 6) is -0.901. The molecule has 2 aromatic carbocycles. The van der Waals surface area contributed by atoms with Crippen LogP contribution in [0.2, 0.25) is 0 Å². The first-order valence-corrected chi connectivity index (χ1v) is 14.5. The zero-order valence-corrected chi connectivity index (χ0v) is 21.4. The molecule has 180 valence electrons. The number of nitrogens with one attached hydrogen (secondary N) is 2. The molecule has 0 saturated carbocycles. The second kappa shape index (κ2) is 9.60. The van der Waals surface area contributed by atoms with Crippen LogP contribution in [0, 0.1) is 6.92 Å². The van der Waals surface area contributed by atoms with Gasteiger partial charge in [0.1, 0.15) is 4.83 Å². The first-order chi connectivity index (χ1) is 16.8. The third-order valence-corrected chi connectivity index (χ3v) is 9.14. The summed E-state index contributed by atoms with van der Waals surface area (Å²) < 4.78 is 26.9. The van der Waals surface area contributed by atoms with Crippen LogP contribution in [0.25, 0.3) is 21.3 Å². The Morgan fingerprint density at radius 3 is 2.63 bits per heavy atom. The highest BCUT2D eigenvalue weighted by atomic mass is 32.2. The van der Waals surface area contributed by atoms with Gasteiger partial charge in [-0.3, -0.25) is 9.59 Å². The maximum Gasteiger partial charge on any atom is 0.264 e. The van der Waals surface area contributed by atoms with Gasteiger partial charge < -0.3 is 4.98 Å². The van der Waals surface area contributed by atoms with Crippen LogP contribution in [0.1, 0.15) is 29.5 Å². The van der Waals surface area contributed by atoms with E-state index in [1.165, 1.54) is 47.4 Å². The summed E-state index contributed by atoms with van der Waals surface area (Å²) in [5.41, 5.74) is 5.22. The van der Waals surface area contributed by atoms with E-state index in [1.807, 2.05) is 12.3 Å². The first-order valence-electron chi connectivity index (χ1n) is 11.2. The minimum absolute atomic E-state index is 0.0164. The van der Waals surface area contributed by atoms with E-state index in [1.54, 1.807) is 12.1 Å². The number of nitrogens with zero attached hydrogens (tertiary/aromatic N) is 1. The van der Waals surface area contributed by atoms with Crippen molar-refractivity contribution in [2.75, 3.05) is 5.75 Å². The average molecular weight is 526 g/mol. The second-order valence-electron chi connectivity index (χ2n) is 8.52. The first kappa shape index (κ1) is 23.8. The molecule has 0 spiro atoms. The minimum Gasteiger partial charge on any atom is -0.301 e. The number of H-pyrrole nitrogens is 1. The minimum atomic E-state index is -3.96. The van der Waals surface area contributed by atoms with Crippen LogP contribution >= 0.6 is 23.1 Å². The van der Waals surface area contributed by atoms with Crippen molar-refractivity contribution in [3.8, 4) is 11.1 Å². The molecule has 0 radical (unpaired) electrons. The maximum atomic E-state index is 12.9. The molecule has 4 aromatic rings. The fraction of sp³-hybridized carbons (Fsp3) is 0.240. The molecule has 7 nitrogen and oxygen atoms in total. The predicted molar refractivity (Wildman–Crippen MR) is 140 cm³/mol. The van der Waals surface area contributed by atoms with Crippen LogP contribution in [0.4, 0.5) is 0 Å². The molecule has 0 bridgehead atoms. The van der Waals surface area contributed by atoms with Crippen molar-refractivity contribution in [1.82, 2.24) is 14.7 Å². The largest absolute Gasteiger partial charge is 0.301 e. The van der Waals surface area contributed by atoms with Crippen molar-refractivity contribution < 1.29 is 13.2 Å². The molecule has 2 aromatic heterocycles. The molecule has 0 fully saturated rings. The van der Waals surface area contributed by atoms with Gasteiger partial charge in [-0.05, 0) is 61.4 Å². The molecule has 1 aliphatic carbocycles. The number of aromatic nitrogens is 2. The van der Waals surface area contributed by atoms with E-state index in [0.717, 1.165) is 41.3 Å². The third kappa shape index (κ3) is 5.05. The standard InChI is InChI=1S/C25H23N3O4S3/c1-15-6-10-19(11-7-15)35(31,32)28-21(29)14-34-25-26-23(30)22-20(13-33-24(22)27-25)18-9-8-16-4-2-3-5-17(16)12-18/h6-13H,2-5,14H2,1H3,(H,28,29)(H,26,27,30). The van der Waals surface area contributed by atoms with Gasteiger partial charge in [0.2, 0.25) is 5.91 Å². The Kier molecular flexibility index (Phi) is 6.52. The van der Waals surface area contributed by atoms with Crippen molar-refractivity contribution in [3.05, 3.63) is 74.9 Å². The summed E-state index contributed by atoms with van der Waals surface area (Å²) in [7, 11) is -3.96. The number of thiophene rings is 1. The van der Waals surface area contributed by atoms with Gasteiger partial charge in [-0.25, -0.2) is 18.1 Å². The normalized spacial score (nSPS) is 13.5. The van der Waals surface area contributed by atoms with Crippen molar-refractivity contribution in [2.24, 2.45) is 0 Å². The number of aromatic amines is 1. The van der Waals surface area contributed by atoms with Crippen molar-refractivity contribution in [3.63, 3.8) is 0 Å². The van der Waals surface area contributed by atoms with Gasteiger partial charge in [0.25, 0.3) is 15.6 Å². The van der Waals surface area contributed by atoms with Crippen LogP contribution in [-0.2, 0) is 27.7 Å². The van der Waals surface area contributed by atoms with Crippen LogP contribution < -0.4 is 10.3 Å². The number of rotatable bonds is 6. The van der Waals surface area contributed by atoms with Gasteiger partial charge in [-0.15, -0.1) is 11.3 Å². The van der Waals surface area contributed by atoms with Crippen LogP contribution in [-0.4, -0.2) is 30.0 Å². The zero-order chi connectivity index (χ0) is 24.6. The predicted octanol–water partition coefficient (Wildman–Crippen LogP) is 4.44. The van der Waals surface area contributed by atoms with Crippen LogP contribution in [0.15, 0.2) is 62.7 Å². The molecule has 2 heterocycles. The summed E-state index contributed by atoms with van der Waals surface area (Å²) >= 11 is 2.36. The Bertz CT molecular complexity index is 1590. The third-order valence-electron chi connectivity index (χ3n) is 6.00. The Balaban J connectivity index is 1.32. The maximum absolute atomic E-state index is 12.9. The number of fused-ring (bicyclic) bond motifs is 2. The van der Waals surface area contributed by atoms with Crippen molar-refractivity contribution in [1.29, 1.82) is 0 Å². The van der Waals surface area contributed by atoms with Gasteiger partial charge in [0, 0.05) is 10.9 Å². The number of thioether (sulfide) groups is 1. The van der Waals surface area contributed by atoms with E-state index in [2.05, 4.69) is 32.9 Å². The summed E-state index contributed by atoms with van der Waals surface area (Å²) in [6.45, 7) is 1.85. The molecule has 5 rings (SSSR count). The smallest absolute Gasteiger partial charge is 0.264 e. The molecule has 0 saturated heterocycles. The molecule has 10 heteroatoms. The molecule has 1 aliphatic rings. The Morgan fingerprint density at radius 1 is 1.11 bits per heavy atom. The van der Waals surface area contributed by atoms with Crippen molar-refractivity contribution >= 4 is 49.2 Å². The van der Waals surface area contributed by atoms with E-state index in [4.69, 9.17) is 0 Å². The highest BCUT2D eigenvalue weighted by Crippen LogP contribution is 2.34. The number of carbonyl (C=O) groups excluding carboxylic acids is 1. The second-order valence-corrected chi connectivity index (χ2v) is 12.0. The van der Waals surface area contributed by atoms with Crippen molar-refractivity contribution in [2.45, 2.75) is 42.7 Å². The summed E-state index contributed by atoms with van der Waals surface area (Å²) in [6, 6.07) is 12.6. The molecule has 0 aliphatic heterocycles. The highest BCUT2D eigenvalue weighted by molar-refractivity contribution is 8.00. The lowest BCUT2D eigenvalue weighted by Crippen LogP contribution is -2.32. The molecule has 2 N–H and O–H groups in total. The molecule has 0 unspecified atom stereocenters. The number of carbonyl (C=O) groups is 1. The van der Waals surface area contributed by atoms with Gasteiger partial charge in [0.15, 0.2) is 5.16 Å². The van der Waals surface area contributed by atoms with Gasteiger partial charge in [0.05, 0.1) is 16.0 Å². The summed E-state index contributed by atoms with van der Waals surface area (Å²) in [6.07, 6.45) is 4.56. The topological polar surface area (TPSA) is 109 Å². The fourth-order valence-electron chi connectivity index (χ4n) is 4.20. The van der Waals surface area contributed by atoms with E-state index >= 15 is 0 Å². The zero-order valence-electron chi connectivity index (χ0n) is 19.0. The highest BCUT2D eigenvalue weighted by Gasteiger charge is 2.19. The summed E-state index contributed by atoms with van der Waals surface area (Å²) in [4.78, 5) is 33.1. The van der Waals surface area contributed by atoms with Crippen LogP contribution in [0.3, 0.4) is 0 Å². The lowest BCUT2D eigenvalue weighted by molar-refractivity contribution is -0.116. The Labute approximate surface area is 211 Å². The van der Waals surface area contributed by atoms with E-state index in [0.29, 0.717) is 10.2 Å². The Morgan fingerprint density at radius 2 is 1.86 bits per heavy atom. The number of hydrogen-bond acceptors (Lipinski definition) is 7. The number of aryl methyl sites for hydroxylation is 3. The van der Waals surface area contributed by atoms with E-state index in [9.17, 15) is 18.0 Å². The van der Waals surface area contributed by atoms with Gasteiger partial charge in [-0.1, -0.05) is 47.7 Å². The van der Waals surface area contributed by atoms with Crippen LogP contribution in [0.5, 0.6) is 0 Å². The number of hydrogen-bond donors (Lipinski definition) is 2.